The second-order valence-corrected chi connectivity index (χ2v) is 8.82. The number of cyclic esters (lactones) is 1. The van der Waals surface area contributed by atoms with Crippen LogP contribution in [0.25, 0.3) is 0 Å². The van der Waals surface area contributed by atoms with Crippen LogP contribution in [0.2, 0.25) is 0 Å². The van der Waals surface area contributed by atoms with Crippen LogP contribution in [0.3, 0.4) is 0 Å². The Morgan fingerprint density at radius 2 is 1.82 bits per heavy atom. The van der Waals surface area contributed by atoms with Crippen molar-refractivity contribution in [1.82, 2.24) is 4.31 Å². The lowest BCUT2D eigenvalue weighted by atomic mass is 9.98. The maximum Gasteiger partial charge on any atom is 0.339 e. The summed E-state index contributed by atoms with van der Waals surface area (Å²) in [5.74, 6) is -1.02. The van der Waals surface area contributed by atoms with Crippen LogP contribution in [-0.4, -0.2) is 43.8 Å². The summed E-state index contributed by atoms with van der Waals surface area (Å²) < 4.78 is 32.1. The van der Waals surface area contributed by atoms with Crippen LogP contribution in [0, 0.1) is 0 Å². The summed E-state index contributed by atoms with van der Waals surface area (Å²) in [6, 6.07) is 13.1. The minimum absolute atomic E-state index is 0.137. The number of ether oxygens (including phenoxy) is 1. The summed E-state index contributed by atoms with van der Waals surface area (Å²) >= 11 is 0. The molecule has 1 atom stereocenters. The van der Waals surface area contributed by atoms with E-state index in [-0.39, 0.29) is 11.3 Å². The first-order valence-electron chi connectivity index (χ1n) is 9.15. The molecule has 0 bridgehead atoms. The van der Waals surface area contributed by atoms with Gasteiger partial charge in [0.25, 0.3) is 5.91 Å². The fourth-order valence-electron chi connectivity index (χ4n) is 3.51. The van der Waals surface area contributed by atoms with Gasteiger partial charge < -0.3 is 10.1 Å². The minimum atomic E-state index is -3.57. The van der Waals surface area contributed by atoms with Crippen molar-refractivity contribution in [3.8, 4) is 0 Å². The zero-order valence-electron chi connectivity index (χ0n) is 15.1. The Morgan fingerprint density at radius 1 is 1.07 bits per heavy atom. The Bertz CT molecular complexity index is 1030. The lowest BCUT2D eigenvalue weighted by Gasteiger charge is -2.24. The first kappa shape index (κ1) is 18.6. The normalized spacial score (nSPS) is 19.7. The van der Waals surface area contributed by atoms with E-state index in [1.165, 1.54) is 16.4 Å². The van der Waals surface area contributed by atoms with Crippen LogP contribution in [0.15, 0.2) is 53.4 Å². The topological polar surface area (TPSA) is 92.8 Å². The van der Waals surface area contributed by atoms with Crippen molar-refractivity contribution in [3.05, 3.63) is 59.7 Å². The summed E-state index contributed by atoms with van der Waals surface area (Å²) in [6.07, 6.45) is 1.02. The largest absolute Gasteiger partial charge is 0.448 e. The fraction of sp³-hybridized carbons (Fsp3) is 0.300. The summed E-state index contributed by atoms with van der Waals surface area (Å²) in [7, 11) is -3.57. The van der Waals surface area contributed by atoms with Gasteiger partial charge in [-0.1, -0.05) is 24.3 Å². The molecular weight excluding hydrogens is 380 g/mol. The summed E-state index contributed by atoms with van der Waals surface area (Å²) in [5, 5.41) is 2.67. The lowest BCUT2D eigenvalue weighted by molar-refractivity contribution is -0.125. The first-order valence-corrected chi connectivity index (χ1v) is 10.6. The SMILES string of the molecule is O=C1OC(C(=O)Nc2cccc(S(=O)(=O)N3CCCC3)c2)Cc2ccccc21. The second kappa shape index (κ2) is 7.37. The number of carbonyl (C=O) groups is 2. The minimum Gasteiger partial charge on any atom is -0.448 e. The molecule has 0 spiro atoms. The first-order chi connectivity index (χ1) is 13.4. The molecule has 1 fully saturated rings. The molecular formula is C20H20N2O5S. The number of esters is 1. The van der Waals surface area contributed by atoms with E-state index in [0.29, 0.717) is 24.3 Å². The number of carbonyl (C=O) groups excluding carboxylic acids is 2. The third-order valence-electron chi connectivity index (χ3n) is 4.99. The van der Waals surface area contributed by atoms with Gasteiger partial charge >= 0.3 is 5.97 Å². The number of rotatable bonds is 4. The monoisotopic (exact) mass is 400 g/mol. The van der Waals surface area contributed by atoms with E-state index in [1.54, 1.807) is 36.4 Å². The molecule has 2 aromatic rings. The zero-order valence-corrected chi connectivity index (χ0v) is 15.9. The van der Waals surface area contributed by atoms with Crippen molar-refractivity contribution in [2.75, 3.05) is 18.4 Å². The van der Waals surface area contributed by atoms with E-state index < -0.39 is 28.0 Å². The molecule has 1 N–H and O–H groups in total. The molecule has 2 aliphatic heterocycles. The molecule has 1 saturated heterocycles. The number of hydrogen-bond acceptors (Lipinski definition) is 5. The average molecular weight is 400 g/mol. The molecule has 146 valence electrons. The number of benzene rings is 2. The van der Waals surface area contributed by atoms with E-state index in [9.17, 15) is 18.0 Å². The average Bonchev–Trinajstić information content (AvgIpc) is 3.24. The van der Waals surface area contributed by atoms with E-state index >= 15 is 0 Å². The summed E-state index contributed by atoms with van der Waals surface area (Å²) in [5.41, 5.74) is 1.56. The molecule has 0 saturated carbocycles. The third kappa shape index (κ3) is 3.53. The number of hydrogen-bond donors (Lipinski definition) is 1. The summed E-state index contributed by atoms with van der Waals surface area (Å²) in [4.78, 5) is 24.8. The van der Waals surface area contributed by atoms with E-state index in [2.05, 4.69) is 5.32 Å². The smallest absolute Gasteiger partial charge is 0.339 e. The molecule has 0 radical (unpaired) electrons. The highest BCUT2D eigenvalue weighted by atomic mass is 32.2. The molecule has 4 rings (SSSR count). The van der Waals surface area contributed by atoms with Gasteiger partial charge in [-0.2, -0.15) is 4.31 Å². The van der Waals surface area contributed by atoms with Crippen LogP contribution in [-0.2, 0) is 26.0 Å². The fourth-order valence-corrected chi connectivity index (χ4v) is 5.08. The molecule has 0 aliphatic carbocycles. The van der Waals surface area contributed by atoms with E-state index in [1.807, 2.05) is 0 Å². The number of fused-ring (bicyclic) bond motifs is 1. The van der Waals surface area contributed by atoms with Gasteiger partial charge in [0.1, 0.15) is 0 Å². The maximum atomic E-state index is 12.7. The Hall–Kier alpha value is -2.71. The number of nitrogens with zero attached hydrogens (tertiary/aromatic N) is 1. The standard InChI is InChI=1S/C20H20N2O5S/c23-19(18-12-14-6-1-2-9-17(14)20(24)27-18)21-15-7-5-8-16(13-15)28(25,26)22-10-3-4-11-22/h1-2,5-9,13,18H,3-4,10-12H2,(H,21,23). The van der Waals surface area contributed by atoms with Gasteiger partial charge in [0.2, 0.25) is 10.0 Å². The van der Waals surface area contributed by atoms with Crippen LogP contribution in [0.1, 0.15) is 28.8 Å². The molecule has 1 amide bonds. The van der Waals surface area contributed by atoms with Gasteiger partial charge in [-0.15, -0.1) is 0 Å². The number of nitrogens with one attached hydrogen (secondary N) is 1. The van der Waals surface area contributed by atoms with Gasteiger partial charge in [-0.3, -0.25) is 4.79 Å². The highest BCUT2D eigenvalue weighted by Crippen LogP contribution is 2.25. The van der Waals surface area contributed by atoms with Gasteiger partial charge in [0.15, 0.2) is 6.10 Å². The third-order valence-corrected chi connectivity index (χ3v) is 6.88. The molecule has 1 unspecified atom stereocenters. The second-order valence-electron chi connectivity index (χ2n) is 6.88. The predicted molar refractivity (Wildman–Crippen MR) is 102 cm³/mol. The molecule has 8 heteroatoms. The van der Waals surface area contributed by atoms with Crippen LogP contribution >= 0.6 is 0 Å². The van der Waals surface area contributed by atoms with Crippen molar-refractivity contribution >= 4 is 27.6 Å². The van der Waals surface area contributed by atoms with Crippen molar-refractivity contribution < 1.29 is 22.7 Å². The van der Waals surface area contributed by atoms with Crippen LogP contribution in [0.4, 0.5) is 5.69 Å². The van der Waals surface area contributed by atoms with Gasteiger partial charge in [-0.25, -0.2) is 13.2 Å². The molecule has 2 aromatic carbocycles. The summed E-state index contributed by atoms with van der Waals surface area (Å²) in [6.45, 7) is 1.02. The van der Waals surface area contributed by atoms with Gasteiger partial charge in [0.05, 0.1) is 10.5 Å². The zero-order chi connectivity index (χ0) is 19.7. The van der Waals surface area contributed by atoms with Gasteiger partial charge in [0, 0.05) is 25.2 Å². The van der Waals surface area contributed by atoms with Crippen molar-refractivity contribution in [1.29, 1.82) is 0 Å². The quantitative estimate of drug-likeness (QED) is 0.794. The highest BCUT2D eigenvalue weighted by molar-refractivity contribution is 7.89. The Kier molecular flexibility index (Phi) is 4.91. The Balaban J connectivity index is 1.51. The van der Waals surface area contributed by atoms with Crippen molar-refractivity contribution in [2.45, 2.75) is 30.3 Å². The van der Waals surface area contributed by atoms with E-state index in [0.717, 1.165) is 18.4 Å². The van der Waals surface area contributed by atoms with Crippen LogP contribution < -0.4 is 5.32 Å². The number of anilines is 1. The van der Waals surface area contributed by atoms with Crippen molar-refractivity contribution in [2.24, 2.45) is 0 Å². The molecule has 2 aliphatic rings. The Labute approximate surface area is 163 Å². The van der Waals surface area contributed by atoms with E-state index in [4.69, 9.17) is 4.74 Å². The molecule has 2 heterocycles. The molecule has 0 aromatic heterocycles. The highest BCUT2D eigenvalue weighted by Gasteiger charge is 2.31. The Morgan fingerprint density at radius 3 is 2.61 bits per heavy atom. The van der Waals surface area contributed by atoms with Gasteiger partial charge in [-0.05, 0) is 42.7 Å². The molecule has 7 nitrogen and oxygen atoms in total. The maximum absolute atomic E-state index is 12.7. The van der Waals surface area contributed by atoms with Crippen LogP contribution in [0.5, 0.6) is 0 Å². The molecule has 28 heavy (non-hydrogen) atoms. The predicted octanol–water partition coefficient (Wildman–Crippen LogP) is 2.19. The van der Waals surface area contributed by atoms with Crippen molar-refractivity contribution in [3.63, 3.8) is 0 Å². The number of sulfonamides is 1. The number of amides is 1. The lowest BCUT2D eigenvalue weighted by Crippen LogP contribution is -2.38.